The van der Waals surface area contributed by atoms with Crippen molar-refractivity contribution in [3.05, 3.63) is 88.2 Å². The molecule has 0 aliphatic carbocycles. The number of fused-ring (bicyclic) bond motifs is 1. The number of hydrogen-bond acceptors (Lipinski definition) is 4. The fraction of sp³-hybridized carbons (Fsp3) is 0.241. The highest BCUT2D eigenvalue weighted by molar-refractivity contribution is 6.31. The van der Waals surface area contributed by atoms with Crippen LogP contribution in [0.25, 0.3) is 22.0 Å². The van der Waals surface area contributed by atoms with Crippen molar-refractivity contribution in [2.45, 2.75) is 19.8 Å². The van der Waals surface area contributed by atoms with Crippen molar-refractivity contribution in [2.75, 3.05) is 29.9 Å². The molecule has 1 aromatic heterocycles. The number of ether oxygens (including phenoxy) is 1. The lowest BCUT2D eigenvalue weighted by Gasteiger charge is -2.34. The molecule has 0 saturated carbocycles. The molecule has 5 rings (SSSR count). The van der Waals surface area contributed by atoms with Gasteiger partial charge in [-0.2, -0.15) is 0 Å². The third-order valence-corrected chi connectivity index (χ3v) is 6.79. The number of pyridine rings is 1. The maximum absolute atomic E-state index is 13.4. The van der Waals surface area contributed by atoms with Crippen molar-refractivity contribution in [2.24, 2.45) is 5.92 Å². The first-order valence-corrected chi connectivity index (χ1v) is 12.6. The average Bonchev–Trinajstić information content (AvgIpc) is 2.90. The number of H-pyrrole nitrogens is 1. The minimum Gasteiger partial charge on any atom is -0.494 e. The first kappa shape index (κ1) is 23.9. The summed E-state index contributed by atoms with van der Waals surface area (Å²) in [5, 5.41) is 4.51. The van der Waals surface area contributed by atoms with E-state index in [0.29, 0.717) is 30.4 Å². The highest BCUT2D eigenvalue weighted by Gasteiger charge is 2.29. The van der Waals surface area contributed by atoms with E-state index in [-0.39, 0.29) is 17.4 Å². The van der Waals surface area contributed by atoms with E-state index < -0.39 is 0 Å². The van der Waals surface area contributed by atoms with Gasteiger partial charge in [-0.15, -0.1) is 0 Å². The predicted molar refractivity (Wildman–Crippen MR) is 146 cm³/mol. The van der Waals surface area contributed by atoms with E-state index in [1.165, 1.54) is 0 Å². The molecule has 2 heterocycles. The minimum atomic E-state index is -0.247. The van der Waals surface area contributed by atoms with Gasteiger partial charge in [0, 0.05) is 40.3 Å². The zero-order valence-corrected chi connectivity index (χ0v) is 20.8. The summed E-state index contributed by atoms with van der Waals surface area (Å²) in [6, 6.07) is 22.7. The van der Waals surface area contributed by atoms with Crippen LogP contribution in [0.15, 0.2) is 77.6 Å². The van der Waals surface area contributed by atoms with Gasteiger partial charge >= 0.3 is 0 Å². The number of carbonyl (C=O) groups is 1. The van der Waals surface area contributed by atoms with Gasteiger partial charge in [0.15, 0.2) is 0 Å². The van der Waals surface area contributed by atoms with Crippen LogP contribution in [0.4, 0.5) is 11.4 Å². The van der Waals surface area contributed by atoms with Crippen molar-refractivity contribution in [3.63, 3.8) is 0 Å². The zero-order chi connectivity index (χ0) is 25.1. The maximum atomic E-state index is 13.4. The van der Waals surface area contributed by atoms with Gasteiger partial charge in [0.25, 0.3) is 5.56 Å². The second kappa shape index (κ2) is 10.5. The molecule has 184 valence electrons. The Bertz CT molecular complexity index is 1430. The van der Waals surface area contributed by atoms with Crippen LogP contribution in [0, 0.1) is 5.92 Å². The largest absolute Gasteiger partial charge is 0.494 e. The lowest BCUT2D eigenvalue weighted by Crippen LogP contribution is -2.43. The van der Waals surface area contributed by atoms with Crippen LogP contribution < -0.4 is 20.5 Å². The van der Waals surface area contributed by atoms with E-state index >= 15 is 0 Å². The molecule has 1 saturated heterocycles. The van der Waals surface area contributed by atoms with Gasteiger partial charge in [-0.3, -0.25) is 9.59 Å². The van der Waals surface area contributed by atoms with Crippen molar-refractivity contribution in [1.82, 2.24) is 4.98 Å². The molecule has 1 aliphatic rings. The summed E-state index contributed by atoms with van der Waals surface area (Å²) in [4.78, 5) is 31.7. The number of nitrogens with zero attached hydrogens (tertiary/aromatic N) is 1. The lowest BCUT2D eigenvalue weighted by molar-refractivity contribution is -0.120. The third-order valence-electron chi connectivity index (χ3n) is 6.55. The molecule has 7 heteroatoms. The Hall–Kier alpha value is -3.77. The van der Waals surface area contributed by atoms with E-state index in [4.69, 9.17) is 16.3 Å². The summed E-state index contributed by atoms with van der Waals surface area (Å²) < 4.78 is 5.48. The smallest absolute Gasteiger partial charge is 0.272 e. The Balaban J connectivity index is 1.47. The monoisotopic (exact) mass is 501 g/mol. The van der Waals surface area contributed by atoms with Crippen molar-refractivity contribution in [3.8, 4) is 16.9 Å². The SMILES string of the molecule is CCOc1ccc(NC(=O)[C@@H]2CCCN(c3c(-c4ccccc4)c4cc(Cl)ccc4[nH]c3=O)C2)cc1. The standard InChI is InChI=1S/C29H28ClN3O3/c1-2-36-23-13-11-22(12-14-23)31-28(34)20-9-6-16-33(18-20)27-26(19-7-4-3-5-8-19)24-17-21(30)10-15-25(24)32-29(27)35/h3-5,7-8,10-15,17,20H,2,6,9,16,18H2,1H3,(H,31,34)(H,32,35)/t20-/m1/s1. The van der Waals surface area contributed by atoms with Crippen molar-refractivity contribution >= 4 is 39.8 Å². The molecule has 0 bridgehead atoms. The molecule has 2 N–H and O–H groups in total. The van der Waals surface area contributed by atoms with Crippen LogP contribution in [-0.2, 0) is 4.79 Å². The lowest BCUT2D eigenvalue weighted by atomic mass is 9.93. The molecule has 0 unspecified atom stereocenters. The topological polar surface area (TPSA) is 74.4 Å². The Morgan fingerprint density at radius 2 is 1.89 bits per heavy atom. The van der Waals surface area contributed by atoms with Crippen LogP contribution in [0.3, 0.4) is 0 Å². The zero-order valence-electron chi connectivity index (χ0n) is 20.1. The molecule has 36 heavy (non-hydrogen) atoms. The number of halogens is 1. The number of amides is 1. The highest BCUT2D eigenvalue weighted by atomic mass is 35.5. The van der Waals surface area contributed by atoms with Gasteiger partial charge in [-0.05, 0) is 67.8 Å². The summed E-state index contributed by atoms with van der Waals surface area (Å²) in [5.41, 5.74) is 3.64. The normalized spacial score (nSPS) is 15.6. The number of anilines is 2. The summed E-state index contributed by atoms with van der Waals surface area (Å²) in [7, 11) is 0. The van der Waals surface area contributed by atoms with Crippen LogP contribution in [0.5, 0.6) is 5.75 Å². The molecule has 6 nitrogen and oxygen atoms in total. The minimum absolute atomic E-state index is 0.0506. The van der Waals surface area contributed by atoms with Gasteiger partial charge in [0.1, 0.15) is 11.4 Å². The molecule has 1 aliphatic heterocycles. The molecule has 0 spiro atoms. The van der Waals surface area contributed by atoms with Gasteiger partial charge in [0.2, 0.25) is 5.91 Å². The summed E-state index contributed by atoms with van der Waals surface area (Å²) in [6.07, 6.45) is 1.57. The fourth-order valence-electron chi connectivity index (χ4n) is 4.89. The average molecular weight is 502 g/mol. The number of benzene rings is 3. The number of hydrogen-bond donors (Lipinski definition) is 2. The van der Waals surface area contributed by atoms with Crippen LogP contribution in [0.2, 0.25) is 5.02 Å². The van der Waals surface area contributed by atoms with Gasteiger partial charge in [0.05, 0.1) is 12.5 Å². The summed E-state index contributed by atoms with van der Waals surface area (Å²) in [5.74, 6) is 0.470. The Morgan fingerprint density at radius 3 is 2.64 bits per heavy atom. The van der Waals surface area contributed by atoms with Crippen LogP contribution in [-0.4, -0.2) is 30.6 Å². The number of aromatic amines is 1. The second-order valence-electron chi connectivity index (χ2n) is 8.97. The predicted octanol–water partition coefficient (Wildman–Crippen LogP) is 6.10. The number of carbonyl (C=O) groups excluding carboxylic acids is 1. The van der Waals surface area contributed by atoms with Gasteiger partial charge in [-0.1, -0.05) is 41.9 Å². The van der Waals surface area contributed by atoms with E-state index in [1.54, 1.807) is 6.07 Å². The third kappa shape index (κ3) is 4.95. The first-order valence-electron chi connectivity index (χ1n) is 12.2. The molecular weight excluding hydrogens is 474 g/mol. The summed E-state index contributed by atoms with van der Waals surface area (Å²) in [6.45, 7) is 3.68. The number of piperidine rings is 1. The highest BCUT2D eigenvalue weighted by Crippen LogP contribution is 2.37. The number of rotatable bonds is 6. The van der Waals surface area contributed by atoms with E-state index in [9.17, 15) is 9.59 Å². The fourth-order valence-corrected chi connectivity index (χ4v) is 5.07. The summed E-state index contributed by atoms with van der Waals surface area (Å²) >= 11 is 6.36. The van der Waals surface area contributed by atoms with Gasteiger partial charge in [-0.25, -0.2) is 0 Å². The molecular formula is C29H28ClN3O3. The second-order valence-corrected chi connectivity index (χ2v) is 9.40. The molecule has 1 amide bonds. The molecule has 1 atom stereocenters. The molecule has 4 aromatic rings. The first-order chi connectivity index (χ1) is 17.5. The molecule has 0 radical (unpaired) electrons. The Morgan fingerprint density at radius 1 is 1.11 bits per heavy atom. The van der Waals surface area contributed by atoms with Gasteiger partial charge < -0.3 is 19.9 Å². The van der Waals surface area contributed by atoms with Crippen LogP contribution in [0.1, 0.15) is 19.8 Å². The number of aromatic nitrogens is 1. The maximum Gasteiger partial charge on any atom is 0.272 e. The Kier molecular flexibility index (Phi) is 6.96. The molecule has 1 fully saturated rings. The van der Waals surface area contributed by atoms with E-state index in [2.05, 4.69) is 10.3 Å². The van der Waals surface area contributed by atoms with E-state index in [0.717, 1.165) is 46.3 Å². The van der Waals surface area contributed by atoms with E-state index in [1.807, 2.05) is 78.6 Å². The number of nitrogens with one attached hydrogen (secondary N) is 2. The van der Waals surface area contributed by atoms with Crippen molar-refractivity contribution < 1.29 is 9.53 Å². The van der Waals surface area contributed by atoms with Crippen LogP contribution >= 0.6 is 11.6 Å². The van der Waals surface area contributed by atoms with Crippen molar-refractivity contribution in [1.29, 1.82) is 0 Å². The quantitative estimate of drug-likeness (QED) is 0.334. The Labute approximate surface area is 214 Å². The molecule has 3 aromatic carbocycles.